The fraction of sp³-hybridized carbons (Fsp3) is 0.429. The number of aromatic nitrogens is 1. The molecule has 6 heteroatoms. The van der Waals surface area contributed by atoms with Crippen LogP contribution in [-0.4, -0.2) is 47.5 Å². The van der Waals surface area contributed by atoms with E-state index in [0.717, 1.165) is 16.8 Å². The Morgan fingerprint density at radius 2 is 1.85 bits per heavy atom. The molecule has 2 fully saturated rings. The molecule has 27 heavy (non-hydrogen) atoms. The Kier molecular flexibility index (Phi) is 4.50. The van der Waals surface area contributed by atoms with E-state index in [1.54, 1.807) is 11.0 Å². The largest absolute Gasteiger partial charge is 0.347 e. The Morgan fingerprint density at radius 3 is 2.52 bits per heavy atom. The molecule has 6 nitrogen and oxygen atoms in total. The van der Waals surface area contributed by atoms with Gasteiger partial charge >= 0.3 is 0 Å². The highest BCUT2D eigenvalue weighted by Crippen LogP contribution is 2.32. The first kappa shape index (κ1) is 17.8. The standard InChI is InChI=1S/C21H23N3O3/c1-15-3-4-16(2)18(13-15)24-8-5-17(14-22)19(24)20(25)23-9-6-21(7-10-23)26-11-12-27-21/h3-5,8,13H,6-7,9-12H2,1-2H3. The lowest BCUT2D eigenvalue weighted by Gasteiger charge is -2.37. The average molecular weight is 365 g/mol. The molecule has 2 saturated heterocycles. The van der Waals surface area contributed by atoms with Gasteiger partial charge in [0.05, 0.1) is 18.8 Å². The molecule has 0 atom stereocenters. The molecule has 0 N–H and O–H groups in total. The van der Waals surface area contributed by atoms with Crippen LogP contribution in [-0.2, 0) is 9.47 Å². The minimum absolute atomic E-state index is 0.120. The average Bonchev–Trinajstić information content (AvgIpc) is 3.31. The van der Waals surface area contributed by atoms with Crippen LogP contribution in [0.15, 0.2) is 30.5 Å². The zero-order valence-corrected chi connectivity index (χ0v) is 15.7. The van der Waals surface area contributed by atoms with Gasteiger partial charge in [-0.1, -0.05) is 12.1 Å². The molecule has 3 heterocycles. The fourth-order valence-corrected chi connectivity index (χ4v) is 3.91. The second-order valence-corrected chi connectivity index (χ2v) is 7.25. The quantitative estimate of drug-likeness (QED) is 0.821. The minimum Gasteiger partial charge on any atom is -0.347 e. The van der Waals surface area contributed by atoms with Gasteiger partial charge in [0.2, 0.25) is 0 Å². The Balaban J connectivity index is 1.65. The maximum Gasteiger partial charge on any atom is 0.272 e. The van der Waals surface area contributed by atoms with Crippen molar-refractivity contribution in [3.05, 3.63) is 52.8 Å². The number of nitrogens with zero attached hydrogens (tertiary/aromatic N) is 3. The third kappa shape index (κ3) is 3.14. The van der Waals surface area contributed by atoms with E-state index in [0.29, 0.717) is 50.4 Å². The number of aryl methyl sites for hydroxylation is 2. The molecule has 1 spiro atoms. The van der Waals surface area contributed by atoms with Gasteiger partial charge in [-0.3, -0.25) is 4.79 Å². The van der Waals surface area contributed by atoms with E-state index in [2.05, 4.69) is 6.07 Å². The summed E-state index contributed by atoms with van der Waals surface area (Å²) >= 11 is 0. The van der Waals surface area contributed by atoms with Crippen molar-refractivity contribution >= 4 is 5.91 Å². The summed E-state index contributed by atoms with van der Waals surface area (Å²) in [6.07, 6.45) is 3.12. The van der Waals surface area contributed by atoms with Crippen LogP contribution in [0.3, 0.4) is 0 Å². The van der Waals surface area contributed by atoms with Gasteiger partial charge in [0.15, 0.2) is 5.79 Å². The smallest absolute Gasteiger partial charge is 0.272 e. The summed E-state index contributed by atoms with van der Waals surface area (Å²) in [5.74, 6) is -0.644. The third-order valence-electron chi connectivity index (χ3n) is 5.46. The highest BCUT2D eigenvalue weighted by atomic mass is 16.7. The molecule has 140 valence electrons. The maximum atomic E-state index is 13.3. The summed E-state index contributed by atoms with van der Waals surface area (Å²) in [5.41, 5.74) is 3.91. The first-order chi connectivity index (χ1) is 13.0. The van der Waals surface area contributed by atoms with Crippen LogP contribution >= 0.6 is 0 Å². The molecule has 2 aromatic rings. The van der Waals surface area contributed by atoms with E-state index in [1.807, 2.05) is 42.8 Å². The van der Waals surface area contributed by atoms with Crippen LogP contribution in [0.1, 0.15) is 40.0 Å². The number of benzene rings is 1. The van der Waals surface area contributed by atoms with Gasteiger partial charge in [-0.05, 0) is 37.1 Å². The van der Waals surface area contributed by atoms with Crippen molar-refractivity contribution in [2.24, 2.45) is 0 Å². The van der Waals surface area contributed by atoms with E-state index in [9.17, 15) is 10.1 Å². The van der Waals surface area contributed by atoms with Crippen LogP contribution in [0.25, 0.3) is 5.69 Å². The predicted molar refractivity (Wildman–Crippen MR) is 99.7 cm³/mol. The van der Waals surface area contributed by atoms with Gasteiger partial charge in [-0.25, -0.2) is 0 Å². The first-order valence-corrected chi connectivity index (χ1v) is 9.29. The third-order valence-corrected chi connectivity index (χ3v) is 5.46. The van der Waals surface area contributed by atoms with Crippen molar-refractivity contribution < 1.29 is 14.3 Å². The van der Waals surface area contributed by atoms with Crippen LogP contribution in [0.2, 0.25) is 0 Å². The Hall–Kier alpha value is -2.62. The van der Waals surface area contributed by atoms with Gasteiger partial charge in [0.1, 0.15) is 11.8 Å². The molecule has 0 bridgehead atoms. The van der Waals surface area contributed by atoms with Crippen molar-refractivity contribution in [1.29, 1.82) is 5.26 Å². The number of likely N-dealkylation sites (tertiary alicyclic amines) is 1. The monoisotopic (exact) mass is 365 g/mol. The van der Waals surface area contributed by atoms with E-state index < -0.39 is 5.79 Å². The molecule has 2 aliphatic rings. The lowest BCUT2D eigenvalue weighted by Crippen LogP contribution is -2.47. The fourth-order valence-electron chi connectivity index (χ4n) is 3.91. The highest BCUT2D eigenvalue weighted by Gasteiger charge is 2.41. The van der Waals surface area contributed by atoms with E-state index in [4.69, 9.17) is 9.47 Å². The van der Waals surface area contributed by atoms with Gasteiger partial charge in [-0.2, -0.15) is 5.26 Å². The van der Waals surface area contributed by atoms with Crippen molar-refractivity contribution in [3.63, 3.8) is 0 Å². The van der Waals surface area contributed by atoms with E-state index in [1.165, 1.54) is 0 Å². The van der Waals surface area contributed by atoms with Gasteiger partial charge in [0, 0.05) is 37.8 Å². The number of ether oxygens (including phenoxy) is 2. The summed E-state index contributed by atoms with van der Waals surface area (Å²) in [6.45, 7) is 6.37. The molecule has 1 amide bonds. The molecular weight excluding hydrogens is 342 g/mol. The number of carbonyl (C=O) groups is 1. The van der Waals surface area contributed by atoms with Gasteiger partial charge in [0.25, 0.3) is 5.91 Å². The molecule has 0 aliphatic carbocycles. The summed E-state index contributed by atoms with van der Waals surface area (Å²) in [7, 11) is 0. The molecule has 1 aromatic carbocycles. The summed E-state index contributed by atoms with van der Waals surface area (Å²) in [5, 5.41) is 9.54. The maximum absolute atomic E-state index is 13.3. The molecule has 0 unspecified atom stereocenters. The first-order valence-electron chi connectivity index (χ1n) is 9.29. The number of piperidine rings is 1. The molecule has 2 aliphatic heterocycles. The molecule has 0 saturated carbocycles. The van der Waals surface area contributed by atoms with Crippen LogP contribution in [0.4, 0.5) is 0 Å². The summed E-state index contributed by atoms with van der Waals surface area (Å²) < 4.78 is 13.3. The van der Waals surface area contributed by atoms with Crippen molar-refractivity contribution in [2.45, 2.75) is 32.5 Å². The zero-order chi connectivity index (χ0) is 19.0. The molecule has 0 radical (unpaired) electrons. The Bertz CT molecular complexity index is 909. The highest BCUT2D eigenvalue weighted by molar-refractivity contribution is 5.96. The van der Waals surface area contributed by atoms with E-state index >= 15 is 0 Å². The van der Waals surface area contributed by atoms with Crippen molar-refractivity contribution in [3.8, 4) is 11.8 Å². The summed E-state index contributed by atoms with van der Waals surface area (Å²) in [4.78, 5) is 15.1. The summed E-state index contributed by atoms with van der Waals surface area (Å²) in [6, 6.07) is 10.00. The van der Waals surface area contributed by atoms with Crippen LogP contribution in [0, 0.1) is 25.2 Å². The van der Waals surface area contributed by atoms with Crippen LogP contribution in [0.5, 0.6) is 0 Å². The topological polar surface area (TPSA) is 67.5 Å². The van der Waals surface area contributed by atoms with Crippen molar-refractivity contribution in [1.82, 2.24) is 9.47 Å². The lowest BCUT2D eigenvalue weighted by molar-refractivity contribution is -0.181. The number of hydrogen-bond donors (Lipinski definition) is 0. The molecular formula is C21H23N3O3. The Morgan fingerprint density at radius 1 is 1.15 bits per heavy atom. The minimum atomic E-state index is -0.524. The number of rotatable bonds is 2. The Labute approximate surface area is 158 Å². The number of amides is 1. The van der Waals surface area contributed by atoms with Crippen molar-refractivity contribution in [2.75, 3.05) is 26.3 Å². The number of carbonyl (C=O) groups excluding carboxylic acids is 1. The number of nitriles is 1. The lowest BCUT2D eigenvalue weighted by atomic mass is 10.0. The van der Waals surface area contributed by atoms with Gasteiger partial charge in [-0.15, -0.1) is 0 Å². The zero-order valence-electron chi connectivity index (χ0n) is 15.7. The second-order valence-electron chi connectivity index (χ2n) is 7.25. The number of hydrogen-bond acceptors (Lipinski definition) is 4. The van der Waals surface area contributed by atoms with Gasteiger partial charge < -0.3 is 18.9 Å². The van der Waals surface area contributed by atoms with Crippen LogP contribution < -0.4 is 0 Å². The normalized spacial score (nSPS) is 18.6. The predicted octanol–water partition coefficient (Wildman–Crippen LogP) is 2.94. The van der Waals surface area contributed by atoms with E-state index in [-0.39, 0.29) is 5.91 Å². The molecule has 1 aromatic heterocycles. The second kappa shape index (κ2) is 6.84. The SMILES string of the molecule is Cc1ccc(C)c(-n2ccc(C#N)c2C(=O)N2CCC3(CC2)OCCO3)c1. The molecule has 4 rings (SSSR count).